The van der Waals surface area contributed by atoms with E-state index in [1.165, 1.54) is 38.8 Å². The van der Waals surface area contributed by atoms with Crippen LogP contribution in [0.15, 0.2) is 0 Å². The third kappa shape index (κ3) is 4.12. The molecule has 2 N–H and O–H groups in total. The van der Waals surface area contributed by atoms with Crippen LogP contribution in [0.1, 0.15) is 39.5 Å². The van der Waals surface area contributed by atoms with Gasteiger partial charge in [-0.25, -0.2) is 0 Å². The molecule has 0 heterocycles. The van der Waals surface area contributed by atoms with Crippen LogP contribution >= 0.6 is 0 Å². The largest absolute Gasteiger partial charge is 0.330 e. The maximum atomic E-state index is 5.81. The van der Waals surface area contributed by atoms with E-state index in [2.05, 4.69) is 25.8 Å². The van der Waals surface area contributed by atoms with E-state index in [0.29, 0.717) is 0 Å². The lowest BCUT2D eigenvalue weighted by molar-refractivity contribution is 0.217. The zero-order chi connectivity index (χ0) is 11.3. The van der Waals surface area contributed by atoms with Crippen LogP contribution in [0.25, 0.3) is 0 Å². The Kier molecular flexibility index (Phi) is 5.62. The smallest absolute Gasteiger partial charge is 0.000984 e. The van der Waals surface area contributed by atoms with E-state index in [4.69, 9.17) is 5.73 Å². The molecule has 2 heteroatoms. The maximum absolute atomic E-state index is 5.81. The van der Waals surface area contributed by atoms with Gasteiger partial charge in [0, 0.05) is 13.1 Å². The van der Waals surface area contributed by atoms with Crippen LogP contribution in [0.3, 0.4) is 0 Å². The zero-order valence-corrected chi connectivity index (χ0v) is 10.7. The second-order valence-electron chi connectivity index (χ2n) is 5.42. The highest BCUT2D eigenvalue weighted by molar-refractivity contribution is 4.80. The first-order chi connectivity index (χ1) is 7.17. The quantitative estimate of drug-likeness (QED) is 0.732. The molecule has 2 nitrogen and oxygen atoms in total. The predicted molar refractivity (Wildman–Crippen MR) is 66.8 cm³/mol. The highest BCUT2D eigenvalue weighted by Gasteiger charge is 2.26. The first-order valence-corrected chi connectivity index (χ1v) is 6.56. The Morgan fingerprint density at radius 1 is 1.33 bits per heavy atom. The molecule has 0 aliphatic heterocycles. The standard InChI is InChI=1S/C13H28N2/c1-4-11(2)9-15(3)10-13-7-5-6-12(13)8-14/h11-13H,4-10,14H2,1-3H3. The van der Waals surface area contributed by atoms with Gasteiger partial charge in [-0.05, 0) is 44.2 Å². The van der Waals surface area contributed by atoms with Gasteiger partial charge in [-0.3, -0.25) is 0 Å². The molecule has 1 rings (SSSR count). The average molecular weight is 212 g/mol. The minimum Gasteiger partial charge on any atom is -0.330 e. The van der Waals surface area contributed by atoms with Crippen LogP contribution in [-0.2, 0) is 0 Å². The van der Waals surface area contributed by atoms with Crippen LogP contribution < -0.4 is 5.73 Å². The minimum absolute atomic E-state index is 0.796. The second-order valence-corrected chi connectivity index (χ2v) is 5.42. The van der Waals surface area contributed by atoms with Crippen LogP contribution in [0.5, 0.6) is 0 Å². The van der Waals surface area contributed by atoms with Crippen molar-refractivity contribution >= 4 is 0 Å². The van der Waals surface area contributed by atoms with Gasteiger partial charge in [0.15, 0.2) is 0 Å². The SMILES string of the molecule is CCC(C)CN(C)CC1CCCC1CN. The lowest BCUT2D eigenvalue weighted by Crippen LogP contribution is -2.33. The molecular formula is C13H28N2. The van der Waals surface area contributed by atoms with Gasteiger partial charge in [0.2, 0.25) is 0 Å². The van der Waals surface area contributed by atoms with E-state index >= 15 is 0 Å². The molecule has 1 fully saturated rings. The van der Waals surface area contributed by atoms with Crippen molar-refractivity contribution in [3.05, 3.63) is 0 Å². The molecule has 90 valence electrons. The van der Waals surface area contributed by atoms with Crippen molar-refractivity contribution in [1.82, 2.24) is 4.90 Å². The van der Waals surface area contributed by atoms with Crippen molar-refractivity contribution in [2.24, 2.45) is 23.5 Å². The molecule has 0 amide bonds. The van der Waals surface area contributed by atoms with Gasteiger partial charge in [0.1, 0.15) is 0 Å². The molecule has 0 aromatic carbocycles. The van der Waals surface area contributed by atoms with E-state index in [0.717, 1.165) is 24.3 Å². The van der Waals surface area contributed by atoms with Gasteiger partial charge < -0.3 is 10.6 Å². The van der Waals surface area contributed by atoms with Crippen LogP contribution in [0, 0.1) is 17.8 Å². The van der Waals surface area contributed by atoms with E-state index < -0.39 is 0 Å². The number of hydrogen-bond acceptors (Lipinski definition) is 2. The van der Waals surface area contributed by atoms with Gasteiger partial charge in [-0.15, -0.1) is 0 Å². The summed E-state index contributed by atoms with van der Waals surface area (Å²) in [6.07, 6.45) is 5.43. The molecule has 3 atom stereocenters. The molecule has 1 aliphatic carbocycles. The minimum atomic E-state index is 0.796. The number of hydrogen-bond donors (Lipinski definition) is 1. The van der Waals surface area contributed by atoms with E-state index in [1.54, 1.807) is 0 Å². The molecule has 0 bridgehead atoms. The highest BCUT2D eigenvalue weighted by Crippen LogP contribution is 2.31. The molecule has 0 saturated heterocycles. The monoisotopic (exact) mass is 212 g/mol. The summed E-state index contributed by atoms with van der Waals surface area (Å²) in [4.78, 5) is 2.51. The summed E-state index contributed by atoms with van der Waals surface area (Å²) >= 11 is 0. The molecule has 1 saturated carbocycles. The summed E-state index contributed by atoms with van der Waals surface area (Å²) in [5, 5.41) is 0. The highest BCUT2D eigenvalue weighted by atomic mass is 15.1. The third-order valence-electron chi connectivity index (χ3n) is 3.99. The van der Waals surface area contributed by atoms with Crippen LogP contribution in [0.4, 0.5) is 0 Å². The fourth-order valence-corrected chi connectivity index (χ4v) is 2.80. The van der Waals surface area contributed by atoms with Crippen molar-refractivity contribution < 1.29 is 0 Å². The van der Waals surface area contributed by atoms with Crippen LogP contribution in [-0.4, -0.2) is 31.6 Å². The Hall–Kier alpha value is -0.0800. The topological polar surface area (TPSA) is 29.3 Å². The van der Waals surface area contributed by atoms with Gasteiger partial charge in [-0.2, -0.15) is 0 Å². The summed E-state index contributed by atoms with van der Waals surface area (Å²) in [6.45, 7) is 8.00. The Labute approximate surface area is 95.2 Å². The van der Waals surface area contributed by atoms with Gasteiger partial charge in [0.05, 0.1) is 0 Å². The Morgan fingerprint density at radius 2 is 2.00 bits per heavy atom. The van der Waals surface area contributed by atoms with Crippen molar-refractivity contribution in [3.63, 3.8) is 0 Å². The Bertz CT molecular complexity index is 170. The fraction of sp³-hybridized carbons (Fsp3) is 1.00. The summed E-state index contributed by atoms with van der Waals surface area (Å²) < 4.78 is 0. The van der Waals surface area contributed by atoms with Gasteiger partial charge in [0.25, 0.3) is 0 Å². The first-order valence-electron chi connectivity index (χ1n) is 6.56. The normalized spacial score (nSPS) is 28.6. The number of nitrogens with two attached hydrogens (primary N) is 1. The number of nitrogens with zero attached hydrogens (tertiary/aromatic N) is 1. The second kappa shape index (κ2) is 6.49. The molecule has 3 unspecified atom stereocenters. The third-order valence-corrected chi connectivity index (χ3v) is 3.99. The lowest BCUT2D eigenvalue weighted by Gasteiger charge is -2.26. The van der Waals surface area contributed by atoms with Gasteiger partial charge >= 0.3 is 0 Å². The molecular weight excluding hydrogens is 184 g/mol. The Balaban J connectivity index is 2.27. The molecule has 0 radical (unpaired) electrons. The summed E-state index contributed by atoms with van der Waals surface area (Å²) in [7, 11) is 2.26. The average Bonchev–Trinajstić information content (AvgIpc) is 2.64. The summed E-state index contributed by atoms with van der Waals surface area (Å²) in [5.74, 6) is 2.49. The molecule has 0 spiro atoms. The van der Waals surface area contributed by atoms with Crippen molar-refractivity contribution in [1.29, 1.82) is 0 Å². The molecule has 0 aromatic heterocycles. The molecule has 0 aromatic rings. The van der Waals surface area contributed by atoms with Crippen molar-refractivity contribution in [2.45, 2.75) is 39.5 Å². The van der Waals surface area contributed by atoms with Gasteiger partial charge in [-0.1, -0.05) is 26.7 Å². The van der Waals surface area contributed by atoms with E-state index in [9.17, 15) is 0 Å². The summed E-state index contributed by atoms with van der Waals surface area (Å²) in [6, 6.07) is 0. The maximum Gasteiger partial charge on any atom is 0.000984 e. The fourth-order valence-electron chi connectivity index (χ4n) is 2.80. The molecule has 1 aliphatic rings. The van der Waals surface area contributed by atoms with E-state index in [-0.39, 0.29) is 0 Å². The lowest BCUT2D eigenvalue weighted by atomic mass is 9.95. The van der Waals surface area contributed by atoms with Crippen LogP contribution in [0.2, 0.25) is 0 Å². The number of rotatable bonds is 6. The zero-order valence-electron chi connectivity index (χ0n) is 10.7. The van der Waals surface area contributed by atoms with Crippen molar-refractivity contribution in [3.8, 4) is 0 Å². The first kappa shape index (κ1) is 13.0. The predicted octanol–water partition coefficient (Wildman–Crippen LogP) is 2.34. The summed E-state index contributed by atoms with van der Waals surface area (Å²) in [5.41, 5.74) is 5.81. The van der Waals surface area contributed by atoms with E-state index in [1.807, 2.05) is 0 Å². The van der Waals surface area contributed by atoms with Crippen molar-refractivity contribution in [2.75, 3.05) is 26.7 Å². The Morgan fingerprint density at radius 3 is 2.60 bits per heavy atom. The molecule has 15 heavy (non-hydrogen) atoms.